The molecule has 8 nitrogen and oxygen atoms in total. The topological polar surface area (TPSA) is 104 Å². The molecule has 0 unspecified atom stereocenters. The Labute approximate surface area is 141 Å². The summed E-state index contributed by atoms with van der Waals surface area (Å²) in [7, 11) is 3.32. The number of carbonyl (C=O) groups is 1. The normalized spacial score (nSPS) is 10.7. The zero-order valence-corrected chi connectivity index (χ0v) is 14.8. The largest absolute Gasteiger partial charge is 0.460 e. The minimum Gasteiger partial charge on any atom is -0.460 e. The second-order valence-electron chi connectivity index (χ2n) is 4.40. The first kappa shape index (κ1) is 18.6. The van der Waals surface area contributed by atoms with Crippen molar-refractivity contribution in [2.45, 2.75) is 26.3 Å². The maximum Gasteiger partial charge on any atom is 0.379 e. The first-order chi connectivity index (χ1) is 10.3. The van der Waals surface area contributed by atoms with Gasteiger partial charge in [-0.05, 0) is 32.4 Å². The fourth-order valence-electron chi connectivity index (χ4n) is 1.15. The molecule has 0 bridgehead atoms. The van der Waals surface area contributed by atoms with E-state index in [9.17, 15) is 4.79 Å². The molecule has 120 valence electrons. The Morgan fingerprint density at radius 3 is 2.73 bits per heavy atom. The third-order valence-corrected chi connectivity index (χ3v) is 4.49. The maximum atomic E-state index is 11.2. The molecular weight excluding hydrogens is 348 g/mol. The highest BCUT2D eigenvalue weighted by molar-refractivity contribution is 8.82. The van der Waals surface area contributed by atoms with Crippen LogP contribution in [0.3, 0.4) is 0 Å². The van der Waals surface area contributed by atoms with E-state index in [0.717, 1.165) is 21.8 Å². The van der Waals surface area contributed by atoms with Crippen molar-refractivity contribution >= 4 is 50.6 Å². The van der Waals surface area contributed by atoms with E-state index in [1.165, 1.54) is 7.11 Å². The van der Waals surface area contributed by atoms with E-state index in [4.69, 9.17) is 16.9 Å². The van der Waals surface area contributed by atoms with Crippen LogP contribution in [0.15, 0.2) is 0 Å². The van der Waals surface area contributed by atoms with Crippen LogP contribution in [0.2, 0.25) is 5.28 Å². The fourth-order valence-corrected chi connectivity index (χ4v) is 2.95. The van der Waals surface area contributed by atoms with Gasteiger partial charge >= 0.3 is 5.30 Å². The van der Waals surface area contributed by atoms with Crippen LogP contribution in [-0.2, 0) is 4.74 Å². The molecule has 0 aliphatic heterocycles. The minimum atomic E-state index is -0.854. The van der Waals surface area contributed by atoms with Crippen molar-refractivity contribution in [1.29, 1.82) is 5.26 Å². The van der Waals surface area contributed by atoms with E-state index in [1.54, 1.807) is 18.2 Å². The van der Waals surface area contributed by atoms with Crippen LogP contribution in [0.1, 0.15) is 20.8 Å². The van der Waals surface area contributed by atoms with Crippen LogP contribution in [-0.4, -0.2) is 39.4 Å². The van der Waals surface area contributed by atoms with Gasteiger partial charge in [-0.2, -0.15) is 20.2 Å². The van der Waals surface area contributed by atoms with E-state index in [2.05, 4.69) is 31.1 Å². The van der Waals surface area contributed by atoms with Gasteiger partial charge in [0, 0.05) is 28.3 Å². The first-order valence-corrected chi connectivity index (χ1v) is 8.61. The monoisotopic (exact) mass is 362 g/mol. The van der Waals surface area contributed by atoms with Gasteiger partial charge in [0.1, 0.15) is 5.54 Å². The summed E-state index contributed by atoms with van der Waals surface area (Å²) >= 11 is 5.89. The van der Waals surface area contributed by atoms with Crippen LogP contribution in [0, 0.1) is 11.3 Å². The van der Waals surface area contributed by atoms with Crippen molar-refractivity contribution in [3.8, 4) is 6.07 Å². The minimum absolute atomic E-state index is 0.0108. The zero-order valence-electron chi connectivity index (χ0n) is 12.5. The average molecular weight is 363 g/mol. The molecule has 1 rings (SSSR count). The van der Waals surface area contributed by atoms with E-state index in [0.29, 0.717) is 6.54 Å². The third kappa shape index (κ3) is 5.75. The molecule has 22 heavy (non-hydrogen) atoms. The SMILES string of the molecule is CCN(SSC(=O)OC)c1nc(Cl)nc(NC(C)(C)C#N)n1. The lowest BCUT2D eigenvalue weighted by Gasteiger charge is -2.20. The number of nitrogens with one attached hydrogen (secondary N) is 1. The lowest BCUT2D eigenvalue weighted by molar-refractivity contribution is 0.200. The molecular formula is C11H15ClN6O2S2. The maximum absolute atomic E-state index is 11.2. The quantitative estimate of drug-likeness (QED) is 0.461. The van der Waals surface area contributed by atoms with Crippen LogP contribution in [0.4, 0.5) is 16.7 Å². The molecule has 0 fully saturated rings. The van der Waals surface area contributed by atoms with Crippen LogP contribution < -0.4 is 9.62 Å². The third-order valence-electron chi connectivity index (χ3n) is 2.17. The van der Waals surface area contributed by atoms with Gasteiger partial charge in [0.2, 0.25) is 17.2 Å². The summed E-state index contributed by atoms with van der Waals surface area (Å²) in [6.07, 6.45) is 0. The number of carbonyl (C=O) groups excluding carboxylic acids is 1. The van der Waals surface area contributed by atoms with Crippen molar-refractivity contribution in [1.82, 2.24) is 15.0 Å². The van der Waals surface area contributed by atoms with Gasteiger partial charge in [0.15, 0.2) is 0 Å². The Kier molecular flexibility index (Phi) is 6.99. The Morgan fingerprint density at radius 2 is 2.18 bits per heavy atom. The molecule has 0 atom stereocenters. The average Bonchev–Trinajstić information content (AvgIpc) is 2.46. The summed E-state index contributed by atoms with van der Waals surface area (Å²) in [6.45, 7) is 5.76. The van der Waals surface area contributed by atoms with Crippen LogP contribution in [0.5, 0.6) is 0 Å². The number of nitrogens with zero attached hydrogens (tertiary/aromatic N) is 5. The molecule has 0 amide bonds. The van der Waals surface area contributed by atoms with Gasteiger partial charge in [-0.3, -0.25) is 4.31 Å². The van der Waals surface area contributed by atoms with Crippen LogP contribution in [0.25, 0.3) is 0 Å². The van der Waals surface area contributed by atoms with Gasteiger partial charge in [-0.25, -0.2) is 4.79 Å². The molecule has 11 heteroatoms. The fraction of sp³-hybridized carbons (Fsp3) is 0.545. The number of nitriles is 1. The number of aromatic nitrogens is 3. The van der Waals surface area contributed by atoms with Crippen LogP contribution >= 0.6 is 33.4 Å². The molecule has 0 spiro atoms. The Bertz CT molecular complexity index is 580. The second kappa shape index (κ2) is 8.26. The van der Waals surface area contributed by atoms with Gasteiger partial charge < -0.3 is 10.1 Å². The lowest BCUT2D eigenvalue weighted by Crippen LogP contribution is -2.30. The molecule has 0 aliphatic carbocycles. The highest BCUT2D eigenvalue weighted by atomic mass is 35.5. The molecule has 0 saturated heterocycles. The molecule has 1 aromatic heterocycles. The molecule has 0 aliphatic rings. The number of ether oxygens (including phenoxy) is 1. The summed E-state index contributed by atoms with van der Waals surface area (Å²) in [5, 5.41) is 11.4. The molecule has 0 saturated carbocycles. The van der Waals surface area contributed by atoms with Crippen molar-refractivity contribution in [3.63, 3.8) is 0 Å². The number of halogens is 1. The lowest BCUT2D eigenvalue weighted by atomic mass is 10.1. The molecule has 0 radical (unpaired) electrons. The van der Waals surface area contributed by atoms with E-state index in [-0.39, 0.29) is 17.2 Å². The van der Waals surface area contributed by atoms with Crippen molar-refractivity contribution in [2.75, 3.05) is 23.3 Å². The number of methoxy groups -OCH3 is 1. The van der Waals surface area contributed by atoms with E-state index in [1.807, 2.05) is 6.92 Å². The van der Waals surface area contributed by atoms with Gasteiger partial charge in [-0.1, -0.05) is 0 Å². The standard InChI is InChI=1S/C11H15ClN6O2S2/c1-5-18(22-21-10(19)20-4)9-15-7(12)14-8(16-9)17-11(2,3)6-13/h5H2,1-4H3,(H,14,15,16,17). The number of rotatable bonds is 6. The van der Waals surface area contributed by atoms with E-state index >= 15 is 0 Å². The molecule has 1 N–H and O–H groups in total. The number of anilines is 2. The van der Waals surface area contributed by atoms with E-state index < -0.39 is 10.8 Å². The Morgan fingerprint density at radius 1 is 1.50 bits per heavy atom. The summed E-state index contributed by atoms with van der Waals surface area (Å²) in [5.41, 5.74) is -0.854. The number of hydrogen-bond acceptors (Lipinski definition) is 10. The predicted octanol–water partition coefficient (Wildman–Crippen LogP) is 3.13. The second-order valence-corrected chi connectivity index (χ2v) is 6.77. The van der Waals surface area contributed by atoms with Crippen molar-refractivity contribution < 1.29 is 9.53 Å². The summed E-state index contributed by atoms with van der Waals surface area (Å²) in [4.78, 5) is 23.4. The summed E-state index contributed by atoms with van der Waals surface area (Å²) < 4.78 is 6.21. The van der Waals surface area contributed by atoms with Gasteiger partial charge in [-0.15, -0.1) is 0 Å². The summed E-state index contributed by atoms with van der Waals surface area (Å²) in [6, 6.07) is 2.08. The number of hydrogen-bond donors (Lipinski definition) is 1. The van der Waals surface area contributed by atoms with Crippen molar-refractivity contribution in [2.24, 2.45) is 0 Å². The predicted molar refractivity (Wildman–Crippen MR) is 88.8 cm³/mol. The highest BCUT2D eigenvalue weighted by Crippen LogP contribution is 2.31. The molecule has 0 aromatic carbocycles. The van der Waals surface area contributed by atoms with Gasteiger partial charge in [0.05, 0.1) is 13.2 Å². The zero-order chi connectivity index (χ0) is 16.8. The first-order valence-electron chi connectivity index (χ1n) is 6.12. The summed E-state index contributed by atoms with van der Waals surface area (Å²) in [5.74, 6) is 0.462. The smallest absolute Gasteiger partial charge is 0.379 e. The Hall–Kier alpha value is -1.44. The van der Waals surface area contributed by atoms with Gasteiger partial charge in [0.25, 0.3) is 0 Å². The Balaban J connectivity index is 2.95. The molecule has 1 aromatic rings. The molecule has 1 heterocycles. The van der Waals surface area contributed by atoms with Crippen molar-refractivity contribution in [3.05, 3.63) is 5.28 Å². The highest BCUT2D eigenvalue weighted by Gasteiger charge is 2.20.